The quantitative estimate of drug-likeness (QED) is 0.794. The van der Waals surface area contributed by atoms with Gasteiger partial charge >= 0.3 is 0 Å². The lowest BCUT2D eigenvalue weighted by Crippen LogP contribution is -2.29. The number of nitrogen functional groups attached to an aromatic ring is 1. The number of carbonyl (C=O) groups is 1. The molecule has 0 amide bonds. The van der Waals surface area contributed by atoms with Crippen molar-refractivity contribution in [2.45, 2.75) is 31.6 Å². The third-order valence-electron chi connectivity index (χ3n) is 5.12. The van der Waals surface area contributed by atoms with Crippen LogP contribution in [-0.4, -0.2) is 36.5 Å². The van der Waals surface area contributed by atoms with Crippen molar-refractivity contribution in [2.24, 2.45) is 0 Å². The number of aldehydes is 1. The Balaban J connectivity index is 0.000000162. The van der Waals surface area contributed by atoms with E-state index in [-0.39, 0.29) is 5.82 Å². The number of benzene rings is 1. The molecule has 1 aliphatic heterocycles. The molecule has 0 bridgehead atoms. The number of anilines is 1. The van der Waals surface area contributed by atoms with E-state index in [1.165, 1.54) is 6.07 Å². The number of nitrogens with two attached hydrogens (primary N) is 1. The maximum Gasteiger partial charge on any atom is 0.222 e. The summed E-state index contributed by atoms with van der Waals surface area (Å²) >= 11 is 0. The van der Waals surface area contributed by atoms with Gasteiger partial charge in [-0.3, -0.25) is 4.79 Å². The average molecular weight is 383 g/mol. The van der Waals surface area contributed by atoms with Crippen molar-refractivity contribution in [1.82, 2.24) is 10.1 Å². The van der Waals surface area contributed by atoms with Gasteiger partial charge in [-0.15, -0.1) is 0 Å². The van der Waals surface area contributed by atoms with E-state index in [2.05, 4.69) is 17.1 Å². The second-order valence-electron chi connectivity index (χ2n) is 7.23. The lowest BCUT2D eigenvalue weighted by molar-refractivity contribution is 0.112. The van der Waals surface area contributed by atoms with Gasteiger partial charge < -0.3 is 15.2 Å². The van der Waals surface area contributed by atoms with Crippen molar-refractivity contribution >= 4 is 17.7 Å². The molecular formula is C22H26FN3O2. The first-order valence-electron chi connectivity index (χ1n) is 9.59. The molecule has 2 N–H and O–H groups in total. The van der Waals surface area contributed by atoms with Gasteiger partial charge in [0, 0.05) is 23.1 Å². The molecule has 0 unspecified atom stereocenters. The Morgan fingerprint density at radius 3 is 2.61 bits per heavy atom. The number of aromatic nitrogens is 1. The van der Waals surface area contributed by atoms with E-state index in [9.17, 15) is 9.18 Å². The number of nitrogens with zero attached hydrogens (tertiary/aromatic N) is 2. The van der Waals surface area contributed by atoms with Crippen LogP contribution >= 0.6 is 0 Å². The summed E-state index contributed by atoms with van der Waals surface area (Å²) in [5.41, 5.74) is 8.33. The van der Waals surface area contributed by atoms with Crippen LogP contribution in [0.25, 0.3) is 5.57 Å². The van der Waals surface area contributed by atoms with Gasteiger partial charge in [-0.1, -0.05) is 35.5 Å². The molecule has 148 valence electrons. The summed E-state index contributed by atoms with van der Waals surface area (Å²) in [5.74, 6) is 0.628. The lowest BCUT2D eigenvalue weighted by atomic mass is 9.94. The van der Waals surface area contributed by atoms with Gasteiger partial charge in [0.1, 0.15) is 12.1 Å². The number of allylic oxidation sites excluding steroid dienone is 4. The standard InChI is InChI=1S/C13H11FO.C9H15N3O/c14-13-8-10(9-15)6-7-12(13)11-4-2-1-3-5-11;1-12-4-2-7(3-5-12)8-6-9(10)13-11-8/h2,4-9H,1,3H2;6-7H,2-5,10H2,1H3. The summed E-state index contributed by atoms with van der Waals surface area (Å²) in [6, 6.07) is 6.40. The van der Waals surface area contributed by atoms with Crippen LogP contribution in [0.3, 0.4) is 0 Å². The van der Waals surface area contributed by atoms with Gasteiger partial charge in [0.05, 0.1) is 5.69 Å². The van der Waals surface area contributed by atoms with Gasteiger partial charge in [0.15, 0.2) is 0 Å². The van der Waals surface area contributed by atoms with Crippen LogP contribution in [0.15, 0.2) is 47.0 Å². The Kier molecular flexibility index (Phi) is 6.76. The second kappa shape index (κ2) is 9.46. The van der Waals surface area contributed by atoms with Gasteiger partial charge in [-0.2, -0.15) is 0 Å². The molecule has 28 heavy (non-hydrogen) atoms. The summed E-state index contributed by atoms with van der Waals surface area (Å²) < 4.78 is 18.4. The van der Waals surface area contributed by atoms with E-state index in [0.717, 1.165) is 50.0 Å². The average Bonchev–Trinajstić information content (AvgIpc) is 3.16. The SMILES string of the molecule is CN1CCC(c2cc(N)on2)CC1.O=Cc1ccc(C2=CCCC=C2)c(F)c1. The highest BCUT2D eigenvalue weighted by Crippen LogP contribution is 2.27. The van der Waals surface area contributed by atoms with Crippen LogP contribution in [0.4, 0.5) is 10.3 Å². The normalized spacial score (nSPS) is 17.6. The number of piperidine rings is 1. The highest BCUT2D eigenvalue weighted by molar-refractivity contribution is 5.79. The molecule has 0 radical (unpaired) electrons. The van der Waals surface area contributed by atoms with Gasteiger partial charge in [-0.05, 0) is 57.5 Å². The van der Waals surface area contributed by atoms with E-state index < -0.39 is 0 Å². The molecule has 0 atom stereocenters. The molecule has 1 aromatic heterocycles. The molecule has 2 aliphatic rings. The first-order chi connectivity index (χ1) is 13.6. The zero-order chi connectivity index (χ0) is 19.9. The highest BCUT2D eigenvalue weighted by Gasteiger charge is 2.21. The van der Waals surface area contributed by atoms with Crippen LogP contribution in [0.1, 0.15) is 53.2 Å². The van der Waals surface area contributed by atoms with Crippen molar-refractivity contribution in [3.63, 3.8) is 0 Å². The largest absolute Gasteiger partial charge is 0.368 e. The molecule has 2 heterocycles. The first-order valence-corrected chi connectivity index (χ1v) is 9.59. The molecule has 6 heteroatoms. The smallest absolute Gasteiger partial charge is 0.222 e. The van der Waals surface area contributed by atoms with Crippen LogP contribution in [0.5, 0.6) is 0 Å². The number of likely N-dealkylation sites (tertiary alicyclic amines) is 1. The molecule has 1 aromatic carbocycles. The summed E-state index contributed by atoms with van der Waals surface area (Å²) in [7, 11) is 2.15. The zero-order valence-electron chi connectivity index (χ0n) is 16.1. The minimum absolute atomic E-state index is 0.336. The predicted octanol–water partition coefficient (Wildman–Crippen LogP) is 4.44. The van der Waals surface area contributed by atoms with Crippen LogP contribution in [0.2, 0.25) is 0 Å². The third kappa shape index (κ3) is 5.16. The fourth-order valence-corrected chi connectivity index (χ4v) is 3.45. The van der Waals surface area contributed by atoms with Crippen molar-refractivity contribution < 1.29 is 13.7 Å². The Hall–Kier alpha value is -2.73. The number of hydrogen-bond acceptors (Lipinski definition) is 5. The predicted molar refractivity (Wildman–Crippen MR) is 109 cm³/mol. The van der Waals surface area contributed by atoms with Crippen molar-refractivity contribution in [3.8, 4) is 0 Å². The number of halogens is 1. The van der Waals surface area contributed by atoms with E-state index in [4.69, 9.17) is 10.3 Å². The first kappa shape index (κ1) is 20.0. The fourth-order valence-electron chi connectivity index (χ4n) is 3.45. The van der Waals surface area contributed by atoms with E-state index in [1.54, 1.807) is 12.1 Å². The Bertz CT molecular complexity index is 864. The van der Waals surface area contributed by atoms with Crippen molar-refractivity contribution in [2.75, 3.05) is 25.9 Å². The Morgan fingerprint density at radius 2 is 2.04 bits per heavy atom. The summed E-state index contributed by atoms with van der Waals surface area (Å²) in [5, 5.41) is 3.95. The van der Waals surface area contributed by atoms with Crippen LogP contribution in [-0.2, 0) is 0 Å². The minimum atomic E-state index is -0.336. The topological polar surface area (TPSA) is 72.4 Å². The monoisotopic (exact) mass is 383 g/mol. The molecule has 0 spiro atoms. The third-order valence-corrected chi connectivity index (χ3v) is 5.12. The molecule has 5 nitrogen and oxygen atoms in total. The molecule has 1 fully saturated rings. The van der Waals surface area contributed by atoms with Crippen molar-refractivity contribution in [1.29, 1.82) is 0 Å². The minimum Gasteiger partial charge on any atom is -0.368 e. The maximum atomic E-state index is 13.6. The summed E-state index contributed by atoms with van der Waals surface area (Å²) in [4.78, 5) is 12.8. The fraction of sp³-hybridized carbons (Fsp3) is 0.364. The molecule has 2 aromatic rings. The van der Waals surface area contributed by atoms with Crippen molar-refractivity contribution in [3.05, 3.63) is 65.1 Å². The zero-order valence-corrected chi connectivity index (χ0v) is 16.1. The summed E-state index contributed by atoms with van der Waals surface area (Å²) in [6.45, 7) is 2.27. The van der Waals surface area contributed by atoms with E-state index >= 15 is 0 Å². The summed E-state index contributed by atoms with van der Waals surface area (Å²) in [6.07, 6.45) is 10.9. The highest BCUT2D eigenvalue weighted by atomic mass is 19.1. The van der Waals surface area contributed by atoms with Crippen LogP contribution < -0.4 is 5.73 Å². The van der Waals surface area contributed by atoms with Gasteiger partial charge in [0.25, 0.3) is 0 Å². The second-order valence-corrected chi connectivity index (χ2v) is 7.23. The number of rotatable bonds is 3. The Labute approximate surface area is 164 Å². The van der Waals surface area contributed by atoms with E-state index in [0.29, 0.717) is 29.2 Å². The van der Waals surface area contributed by atoms with Crippen LogP contribution in [0, 0.1) is 5.82 Å². The molecule has 1 aliphatic carbocycles. The molecular weight excluding hydrogens is 357 g/mol. The van der Waals surface area contributed by atoms with E-state index in [1.807, 2.05) is 24.3 Å². The molecule has 1 saturated heterocycles. The lowest BCUT2D eigenvalue weighted by Gasteiger charge is -2.27. The number of carbonyl (C=O) groups excluding carboxylic acids is 1. The Morgan fingerprint density at radius 1 is 1.25 bits per heavy atom. The maximum absolute atomic E-state index is 13.6. The van der Waals surface area contributed by atoms with Gasteiger partial charge in [-0.25, -0.2) is 4.39 Å². The molecule has 4 rings (SSSR count). The molecule has 0 saturated carbocycles. The number of hydrogen-bond donors (Lipinski definition) is 1. The van der Waals surface area contributed by atoms with Gasteiger partial charge in [0.2, 0.25) is 5.88 Å².